The number of halogens is 3. The molecule has 0 spiro atoms. The normalized spacial score (nSPS) is 28.2. The molecule has 0 bridgehead atoms. The molecule has 0 aromatic heterocycles. The van der Waals surface area contributed by atoms with Crippen molar-refractivity contribution in [2.45, 2.75) is 62.6 Å². The standard InChI is InChI=1S/C31H35F3N2O5/c1-4-17-36(3)21-30(39)16-9-8-15-29(30,24-13-10-14-25(19-24)40-22(2)37)20-27(36)35-28(38)26(41-31(32,33)34)18-23-11-6-5-7-12-23/h4-7,10-14,18-19,27,39H,1,8-9,15-17,20-21H2,2-3H3/p+1/t27-,29?,30?,36+/m0/s1. The van der Waals surface area contributed by atoms with Crippen molar-refractivity contribution in [1.82, 2.24) is 5.32 Å². The predicted molar refractivity (Wildman–Crippen MR) is 147 cm³/mol. The van der Waals surface area contributed by atoms with Gasteiger partial charge in [-0.3, -0.25) is 14.9 Å². The van der Waals surface area contributed by atoms with Gasteiger partial charge < -0.3 is 19.1 Å². The minimum absolute atomic E-state index is 0.127. The Morgan fingerprint density at radius 2 is 1.85 bits per heavy atom. The minimum atomic E-state index is -5.08. The lowest BCUT2D eigenvalue weighted by Gasteiger charge is -2.61. The summed E-state index contributed by atoms with van der Waals surface area (Å²) >= 11 is 0. The number of ether oxygens (including phenoxy) is 2. The molecule has 2 aromatic rings. The fourth-order valence-corrected chi connectivity index (χ4v) is 6.53. The van der Waals surface area contributed by atoms with Crippen molar-refractivity contribution in [3.8, 4) is 5.75 Å². The molecule has 1 saturated heterocycles. The second kappa shape index (κ2) is 11.7. The highest BCUT2D eigenvalue weighted by Crippen LogP contribution is 2.54. The second-order valence-corrected chi connectivity index (χ2v) is 11.2. The van der Waals surface area contributed by atoms with E-state index >= 15 is 0 Å². The Kier molecular flexibility index (Phi) is 8.65. The van der Waals surface area contributed by atoms with Crippen LogP contribution in [0.25, 0.3) is 6.08 Å². The molecule has 2 aromatic carbocycles. The first-order valence-electron chi connectivity index (χ1n) is 13.6. The summed E-state index contributed by atoms with van der Waals surface area (Å²) in [5, 5.41) is 15.1. The molecule has 1 heterocycles. The van der Waals surface area contributed by atoms with Gasteiger partial charge in [0.05, 0.1) is 13.6 Å². The quantitative estimate of drug-likeness (QED) is 0.113. The molecular formula is C31H36F3N2O5+. The molecule has 0 radical (unpaired) electrons. The van der Waals surface area contributed by atoms with Gasteiger partial charge >= 0.3 is 12.3 Å². The van der Waals surface area contributed by atoms with E-state index in [1.54, 1.807) is 54.6 Å². The molecule has 2 unspecified atom stereocenters. The number of nitrogens with zero attached hydrogens (tertiary/aromatic N) is 1. The fourth-order valence-electron chi connectivity index (χ4n) is 6.53. The number of aliphatic hydroxyl groups is 1. The third kappa shape index (κ3) is 6.65. The largest absolute Gasteiger partial charge is 0.573 e. The highest BCUT2D eigenvalue weighted by atomic mass is 19.4. The second-order valence-electron chi connectivity index (χ2n) is 11.2. The van der Waals surface area contributed by atoms with E-state index in [-0.39, 0.29) is 17.4 Å². The molecule has 2 aliphatic rings. The van der Waals surface area contributed by atoms with E-state index in [2.05, 4.69) is 16.6 Å². The monoisotopic (exact) mass is 573 g/mol. The molecule has 10 heteroatoms. The number of benzene rings is 2. The number of hydrogen-bond acceptors (Lipinski definition) is 5. The van der Waals surface area contributed by atoms with Crippen molar-refractivity contribution in [2.75, 3.05) is 20.1 Å². The number of alkyl halides is 3. The molecular weight excluding hydrogens is 537 g/mol. The van der Waals surface area contributed by atoms with Gasteiger partial charge in [0.15, 0.2) is 11.9 Å². The number of carbonyl (C=O) groups is 2. The first-order chi connectivity index (χ1) is 19.3. The molecule has 41 heavy (non-hydrogen) atoms. The Hall–Kier alpha value is -3.63. The third-order valence-corrected chi connectivity index (χ3v) is 8.29. The zero-order valence-electron chi connectivity index (χ0n) is 23.2. The summed E-state index contributed by atoms with van der Waals surface area (Å²) < 4.78 is 49.8. The number of hydrogen-bond donors (Lipinski definition) is 2. The average Bonchev–Trinajstić information content (AvgIpc) is 2.88. The topological polar surface area (TPSA) is 84.9 Å². The Balaban J connectivity index is 1.76. The lowest BCUT2D eigenvalue weighted by atomic mass is 9.55. The van der Waals surface area contributed by atoms with E-state index in [1.807, 2.05) is 13.1 Å². The molecule has 1 saturated carbocycles. The van der Waals surface area contributed by atoms with Crippen LogP contribution < -0.4 is 10.1 Å². The summed E-state index contributed by atoms with van der Waals surface area (Å²) in [4.78, 5) is 25.1. The highest BCUT2D eigenvalue weighted by Gasteiger charge is 2.63. The van der Waals surface area contributed by atoms with E-state index in [0.717, 1.165) is 24.5 Å². The van der Waals surface area contributed by atoms with Gasteiger partial charge in [-0.2, -0.15) is 0 Å². The van der Waals surface area contributed by atoms with Crippen LogP contribution in [0.5, 0.6) is 5.75 Å². The van der Waals surface area contributed by atoms with Gasteiger partial charge in [0.2, 0.25) is 0 Å². The number of quaternary nitrogens is 1. The summed E-state index contributed by atoms with van der Waals surface area (Å²) in [5.41, 5.74) is -0.931. The first-order valence-corrected chi connectivity index (χ1v) is 13.6. The average molecular weight is 574 g/mol. The molecule has 7 nitrogen and oxygen atoms in total. The molecule has 220 valence electrons. The van der Waals surface area contributed by atoms with Gasteiger partial charge in [-0.1, -0.05) is 61.9 Å². The van der Waals surface area contributed by atoms with Gasteiger partial charge in [0.1, 0.15) is 17.9 Å². The number of rotatable bonds is 8. The van der Waals surface area contributed by atoms with Crippen molar-refractivity contribution in [3.63, 3.8) is 0 Å². The van der Waals surface area contributed by atoms with Crippen LogP contribution in [0.3, 0.4) is 0 Å². The number of carbonyl (C=O) groups excluding carboxylic acids is 2. The van der Waals surface area contributed by atoms with Crippen LogP contribution in [0.4, 0.5) is 13.2 Å². The summed E-state index contributed by atoms with van der Waals surface area (Å²) in [7, 11) is 1.85. The number of amides is 1. The number of nitrogens with one attached hydrogen (secondary N) is 1. The Morgan fingerprint density at radius 1 is 1.15 bits per heavy atom. The van der Waals surface area contributed by atoms with Crippen molar-refractivity contribution in [3.05, 3.63) is 84.1 Å². The van der Waals surface area contributed by atoms with Crippen LogP contribution in [0.15, 0.2) is 73.0 Å². The van der Waals surface area contributed by atoms with Crippen LogP contribution in [0.1, 0.15) is 50.2 Å². The molecule has 4 atom stereocenters. The lowest BCUT2D eigenvalue weighted by molar-refractivity contribution is -0.944. The molecule has 1 amide bonds. The van der Waals surface area contributed by atoms with Crippen LogP contribution in [-0.2, 0) is 19.7 Å². The highest BCUT2D eigenvalue weighted by molar-refractivity contribution is 5.96. The van der Waals surface area contributed by atoms with Crippen molar-refractivity contribution >= 4 is 18.0 Å². The fraction of sp³-hybridized carbons (Fsp3) is 0.419. The summed E-state index contributed by atoms with van der Waals surface area (Å²) in [5.74, 6) is -2.05. The van der Waals surface area contributed by atoms with Crippen molar-refractivity contribution in [2.24, 2.45) is 0 Å². The summed E-state index contributed by atoms with van der Waals surface area (Å²) in [6.45, 7) is 5.73. The number of likely N-dealkylation sites (tertiary alicyclic amines) is 1. The van der Waals surface area contributed by atoms with Gasteiger partial charge in [-0.05, 0) is 48.3 Å². The number of fused-ring (bicyclic) bond motifs is 1. The van der Waals surface area contributed by atoms with Gasteiger partial charge in [0.25, 0.3) is 5.91 Å². The van der Waals surface area contributed by atoms with Crippen LogP contribution in [0.2, 0.25) is 0 Å². The molecule has 2 N–H and O–H groups in total. The maximum atomic E-state index is 13.5. The van der Waals surface area contributed by atoms with Gasteiger partial charge in [0, 0.05) is 18.8 Å². The van der Waals surface area contributed by atoms with Gasteiger partial charge in [-0.25, -0.2) is 0 Å². The first kappa shape index (κ1) is 30.3. The lowest BCUT2D eigenvalue weighted by Crippen LogP contribution is -2.76. The van der Waals surface area contributed by atoms with Crippen molar-refractivity contribution < 1.29 is 41.8 Å². The molecule has 1 aliphatic carbocycles. The number of likely N-dealkylation sites (N-methyl/N-ethyl adjacent to an activating group) is 1. The van der Waals surface area contributed by atoms with E-state index < -0.39 is 41.2 Å². The molecule has 4 rings (SSSR count). The number of esters is 1. The predicted octanol–water partition coefficient (Wildman–Crippen LogP) is 5.21. The van der Waals surface area contributed by atoms with E-state index in [4.69, 9.17) is 4.74 Å². The summed E-state index contributed by atoms with van der Waals surface area (Å²) in [6.07, 6.45) is -0.123. The molecule has 2 fully saturated rings. The SMILES string of the molecule is C=CC[N@+]1(C)CC2(O)CCCCC2(c2cccc(OC(C)=O)c2)C[C@H]1NC(=O)C(=Cc1ccccc1)OC(F)(F)F. The Bertz CT molecular complexity index is 1310. The maximum absolute atomic E-state index is 13.5. The minimum Gasteiger partial charge on any atom is -0.427 e. The van der Waals surface area contributed by atoms with Gasteiger partial charge in [-0.15, -0.1) is 13.2 Å². The maximum Gasteiger partial charge on any atom is 0.573 e. The van der Waals surface area contributed by atoms with E-state index in [9.17, 15) is 27.9 Å². The van der Waals surface area contributed by atoms with E-state index in [0.29, 0.717) is 30.7 Å². The van der Waals surface area contributed by atoms with E-state index in [1.165, 1.54) is 6.92 Å². The smallest absolute Gasteiger partial charge is 0.427 e. The zero-order chi connectivity index (χ0) is 29.9. The van der Waals surface area contributed by atoms with Crippen molar-refractivity contribution in [1.29, 1.82) is 0 Å². The zero-order valence-corrected chi connectivity index (χ0v) is 23.2. The van der Waals surface area contributed by atoms with Crippen LogP contribution in [-0.4, -0.2) is 59.7 Å². The number of piperidine rings is 1. The van der Waals surface area contributed by atoms with Crippen LogP contribution in [0, 0.1) is 0 Å². The Morgan fingerprint density at radius 3 is 2.51 bits per heavy atom. The van der Waals surface area contributed by atoms with Crippen LogP contribution >= 0.6 is 0 Å². The molecule has 1 aliphatic heterocycles. The third-order valence-electron chi connectivity index (χ3n) is 8.29. The Labute approximate surface area is 237 Å². The summed E-state index contributed by atoms with van der Waals surface area (Å²) in [6, 6.07) is 15.1.